The van der Waals surface area contributed by atoms with E-state index in [9.17, 15) is 5.11 Å². The highest BCUT2D eigenvalue weighted by atomic mass is 16.5. The minimum Gasteiger partial charge on any atom is -0.497 e. The van der Waals surface area contributed by atoms with Gasteiger partial charge in [-0.15, -0.1) is 0 Å². The van der Waals surface area contributed by atoms with Crippen LogP contribution in [0.3, 0.4) is 0 Å². The molecular formula is C18H17NO2. The predicted octanol–water partition coefficient (Wildman–Crippen LogP) is 3.52. The van der Waals surface area contributed by atoms with E-state index in [1.165, 1.54) is 0 Å². The molecule has 3 heteroatoms. The van der Waals surface area contributed by atoms with Crippen LogP contribution in [0.25, 0.3) is 10.9 Å². The summed E-state index contributed by atoms with van der Waals surface area (Å²) in [5, 5.41) is 11.6. The number of fused-ring (bicyclic) bond motifs is 1. The zero-order chi connectivity index (χ0) is 14.7. The van der Waals surface area contributed by atoms with Crippen LogP contribution in [0, 0.1) is 0 Å². The summed E-state index contributed by atoms with van der Waals surface area (Å²) < 4.78 is 5.14. The predicted molar refractivity (Wildman–Crippen MR) is 83.4 cm³/mol. The summed E-state index contributed by atoms with van der Waals surface area (Å²) >= 11 is 0. The Bertz CT molecular complexity index is 732. The van der Waals surface area contributed by atoms with E-state index < -0.39 is 6.10 Å². The molecule has 0 fully saturated rings. The van der Waals surface area contributed by atoms with Crippen molar-refractivity contribution in [1.82, 2.24) is 4.98 Å². The average molecular weight is 279 g/mol. The molecule has 3 rings (SSSR count). The van der Waals surface area contributed by atoms with Crippen LogP contribution in [-0.2, 0) is 6.42 Å². The summed E-state index contributed by atoms with van der Waals surface area (Å²) in [6, 6.07) is 17.6. The van der Waals surface area contributed by atoms with E-state index in [2.05, 4.69) is 4.98 Å². The van der Waals surface area contributed by atoms with Crippen molar-refractivity contribution in [1.29, 1.82) is 0 Å². The Morgan fingerprint density at radius 2 is 1.81 bits per heavy atom. The molecule has 0 spiro atoms. The molecule has 1 N–H and O–H groups in total. The molecule has 1 unspecified atom stereocenters. The number of hydrogen-bond donors (Lipinski definition) is 1. The van der Waals surface area contributed by atoms with Crippen LogP contribution >= 0.6 is 0 Å². The van der Waals surface area contributed by atoms with Gasteiger partial charge in [0.05, 0.1) is 18.7 Å². The first-order valence-corrected chi connectivity index (χ1v) is 6.92. The van der Waals surface area contributed by atoms with E-state index in [0.29, 0.717) is 6.42 Å². The van der Waals surface area contributed by atoms with Crippen molar-refractivity contribution in [2.75, 3.05) is 7.11 Å². The molecule has 0 saturated heterocycles. The third-order valence-corrected chi connectivity index (χ3v) is 3.61. The van der Waals surface area contributed by atoms with Crippen LogP contribution in [0.2, 0.25) is 0 Å². The van der Waals surface area contributed by atoms with Crippen LogP contribution in [0.5, 0.6) is 5.75 Å². The first-order valence-electron chi connectivity index (χ1n) is 6.92. The molecular weight excluding hydrogens is 262 g/mol. The maximum absolute atomic E-state index is 10.5. The maximum atomic E-state index is 10.5. The van der Waals surface area contributed by atoms with Crippen molar-refractivity contribution in [2.45, 2.75) is 12.5 Å². The smallest absolute Gasteiger partial charge is 0.118 e. The van der Waals surface area contributed by atoms with Gasteiger partial charge in [-0.05, 0) is 23.8 Å². The molecule has 0 aliphatic heterocycles. The zero-order valence-corrected chi connectivity index (χ0v) is 11.9. The minimum atomic E-state index is -0.572. The van der Waals surface area contributed by atoms with Crippen molar-refractivity contribution < 1.29 is 9.84 Å². The van der Waals surface area contributed by atoms with Crippen molar-refractivity contribution >= 4 is 10.9 Å². The number of aliphatic hydroxyl groups is 1. The van der Waals surface area contributed by atoms with Crippen molar-refractivity contribution in [3.05, 3.63) is 71.9 Å². The molecule has 1 atom stereocenters. The zero-order valence-electron chi connectivity index (χ0n) is 11.9. The van der Waals surface area contributed by atoms with E-state index in [0.717, 1.165) is 27.8 Å². The highest BCUT2D eigenvalue weighted by molar-refractivity contribution is 5.81. The van der Waals surface area contributed by atoms with Crippen LogP contribution in [0.15, 0.2) is 60.8 Å². The van der Waals surface area contributed by atoms with E-state index >= 15 is 0 Å². The summed E-state index contributed by atoms with van der Waals surface area (Å²) in [6.45, 7) is 0. The third-order valence-electron chi connectivity index (χ3n) is 3.61. The highest BCUT2D eigenvalue weighted by Crippen LogP contribution is 2.25. The molecule has 2 aromatic carbocycles. The molecule has 106 valence electrons. The van der Waals surface area contributed by atoms with Crippen LogP contribution in [0.1, 0.15) is 17.2 Å². The Hall–Kier alpha value is -2.39. The molecule has 1 aromatic heterocycles. The topological polar surface area (TPSA) is 42.4 Å². The minimum absolute atomic E-state index is 0.555. The monoisotopic (exact) mass is 279 g/mol. The highest BCUT2D eigenvalue weighted by Gasteiger charge is 2.12. The van der Waals surface area contributed by atoms with Gasteiger partial charge in [0, 0.05) is 23.6 Å². The van der Waals surface area contributed by atoms with Gasteiger partial charge in [0.15, 0.2) is 0 Å². The lowest BCUT2D eigenvalue weighted by molar-refractivity contribution is 0.180. The Balaban J connectivity index is 1.88. The Labute approximate surface area is 123 Å². The molecule has 0 radical (unpaired) electrons. The Morgan fingerprint density at radius 1 is 1.05 bits per heavy atom. The van der Waals surface area contributed by atoms with Gasteiger partial charge in [0.25, 0.3) is 0 Å². The quantitative estimate of drug-likeness (QED) is 0.794. The van der Waals surface area contributed by atoms with E-state index in [1.54, 1.807) is 13.3 Å². The molecule has 3 nitrogen and oxygen atoms in total. The van der Waals surface area contributed by atoms with Gasteiger partial charge in [-0.1, -0.05) is 36.4 Å². The maximum Gasteiger partial charge on any atom is 0.118 e. The van der Waals surface area contributed by atoms with Crippen LogP contribution < -0.4 is 4.74 Å². The van der Waals surface area contributed by atoms with Gasteiger partial charge in [-0.3, -0.25) is 4.98 Å². The van der Waals surface area contributed by atoms with Gasteiger partial charge in [0.2, 0.25) is 0 Å². The first kappa shape index (κ1) is 13.6. The largest absolute Gasteiger partial charge is 0.497 e. The van der Waals surface area contributed by atoms with Gasteiger partial charge >= 0.3 is 0 Å². The number of aliphatic hydroxyl groups excluding tert-OH is 1. The summed E-state index contributed by atoms with van der Waals surface area (Å²) in [5.41, 5.74) is 2.79. The van der Waals surface area contributed by atoms with E-state index in [4.69, 9.17) is 4.74 Å². The summed E-state index contributed by atoms with van der Waals surface area (Å²) in [5.74, 6) is 0.820. The number of nitrogens with zero attached hydrogens (tertiary/aromatic N) is 1. The number of benzene rings is 2. The second-order valence-electron chi connectivity index (χ2n) is 4.99. The Morgan fingerprint density at radius 3 is 2.57 bits per heavy atom. The number of methoxy groups -OCH3 is 1. The van der Waals surface area contributed by atoms with Gasteiger partial charge < -0.3 is 9.84 Å². The Kier molecular flexibility index (Phi) is 3.84. The molecule has 0 bridgehead atoms. The SMILES string of the molecule is COc1ccc(CC(O)c2cccc3cccnc23)cc1. The van der Waals surface area contributed by atoms with Crippen molar-refractivity contribution in [3.63, 3.8) is 0 Å². The van der Waals surface area contributed by atoms with Gasteiger partial charge in [-0.25, -0.2) is 0 Å². The lowest BCUT2D eigenvalue weighted by atomic mass is 9.99. The van der Waals surface area contributed by atoms with Gasteiger partial charge in [0.1, 0.15) is 5.75 Å². The number of aromatic nitrogens is 1. The summed E-state index contributed by atoms with van der Waals surface area (Å²) in [6.07, 6.45) is 1.74. The molecule has 0 saturated carbocycles. The van der Waals surface area contributed by atoms with Crippen molar-refractivity contribution in [3.8, 4) is 5.75 Å². The second kappa shape index (κ2) is 5.94. The summed E-state index contributed by atoms with van der Waals surface area (Å²) in [7, 11) is 1.64. The van der Waals surface area contributed by atoms with Crippen LogP contribution in [-0.4, -0.2) is 17.2 Å². The molecule has 0 aliphatic carbocycles. The van der Waals surface area contributed by atoms with Gasteiger partial charge in [-0.2, -0.15) is 0 Å². The van der Waals surface area contributed by atoms with Crippen molar-refractivity contribution in [2.24, 2.45) is 0 Å². The van der Waals surface area contributed by atoms with E-state index in [1.807, 2.05) is 54.6 Å². The number of para-hydroxylation sites is 1. The summed E-state index contributed by atoms with van der Waals surface area (Å²) in [4.78, 5) is 4.39. The standard InChI is InChI=1S/C18H17NO2/c1-21-15-9-7-13(8-10-15)12-17(20)16-6-2-4-14-5-3-11-19-18(14)16/h2-11,17,20H,12H2,1H3. The average Bonchev–Trinajstić information content (AvgIpc) is 2.55. The van der Waals surface area contributed by atoms with E-state index in [-0.39, 0.29) is 0 Å². The first-order chi connectivity index (χ1) is 10.3. The second-order valence-corrected chi connectivity index (χ2v) is 4.99. The number of hydrogen-bond acceptors (Lipinski definition) is 3. The fourth-order valence-electron chi connectivity index (χ4n) is 2.49. The number of rotatable bonds is 4. The molecule has 0 amide bonds. The fraction of sp³-hybridized carbons (Fsp3) is 0.167. The van der Waals surface area contributed by atoms with Crippen LogP contribution in [0.4, 0.5) is 0 Å². The normalized spacial score (nSPS) is 12.3. The number of ether oxygens (including phenoxy) is 1. The molecule has 0 aliphatic rings. The molecule has 1 heterocycles. The third kappa shape index (κ3) is 2.88. The molecule has 3 aromatic rings. The number of pyridine rings is 1. The fourth-order valence-corrected chi connectivity index (χ4v) is 2.49. The lowest BCUT2D eigenvalue weighted by Crippen LogP contribution is -2.03. The molecule has 21 heavy (non-hydrogen) atoms. The lowest BCUT2D eigenvalue weighted by Gasteiger charge is -2.13.